The van der Waals surface area contributed by atoms with E-state index < -0.39 is 15.9 Å². The van der Waals surface area contributed by atoms with Crippen LogP contribution in [0.25, 0.3) is 0 Å². The Kier molecular flexibility index (Phi) is 5.05. The number of nitrogens with one attached hydrogen (secondary N) is 1. The first-order chi connectivity index (χ1) is 10.8. The van der Waals surface area contributed by atoms with Gasteiger partial charge in [0.25, 0.3) is 15.9 Å². The van der Waals surface area contributed by atoms with Crippen molar-refractivity contribution in [1.82, 2.24) is 4.72 Å². The minimum absolute atomic E-state index is 0.0898. The smallest absolute Gasteiger partial charge is 0.271 e. The summed E-state index contributed by atoms with van der Waals surface area (Å²) in [6.07, 6.45) is 0. The standard InChI is InChI=1S/C17H19NO4S/c1-12-5-4-6-15(10-12)22-11-17(19)18-23(20,21)16-8-7-13(2)9-14(16)3/h4-10H,11H2,1-3H3,(H,18,19). The molecule has 0 radical (unpaired) electrons. The molecule has 0 aliphatic heterocycles. The van der Waals surface area contributed by atoms with Crippen molar-refractivity contribution in [1.29, 1.82) is 0 Å². The SMILES string of the molecule is Cc1cccc(OCC(=O)NS(=O)(=O)c2ccc(C)cc2C)c1. The van der Waals surface area contributed by atoms with E-state index in [0.29, 0.717) is 11.3 Å². The molecule has 0 bridgehead atoms. The van der Waals surface area contributed by atoms with Gasteiger partial charge in [-0.15, -0.1) is 0 Å². The summed E-state index contributed by atoms with van der Waals surface area (Å²) < 4.78 is 31.8. The number of carbonyl (C=O) groups excluding carboxylic acids is 1. The molecule has 2 aromatic rings. The third-order valence-electron chi connectivity index (χ3n) is 3.23. The maximum atomic E-state index is 12.3. The van der Waals surface area contributed by atoms with Crippen molar-refractivity contribution in [2.24, 2.45) is 0 Å². The highest BCUT2D eigenvalue weighted by Crippen LogP contribution is 2.16. The number of carbonyl (C=O) groups is 1. The molecule has 1 amide bonds. The fraction of sp³-hybridized carbons (Fsp3) is 0.235. The molecule has 0 aliphatic carbocycles. The van der Waals surface area contributed by atoms with Crippen molar-refractivity contribution >= 4 is 15.9 Å². The lowest BCUT2D eigenvalue weighted by Crippen LogP contribution is -2.34. The van der Waals surface area contributed by atoms with Gasteiger partial charge in [0, 0.05) is 0 Å². The summed E-state index contributed by atoms with van der Waals surface area (Å²) in [6.45, 7) is 5.10. The van der Waals surface area contributed by atoms with Gasteiger partial charge in [0.05, 0.1) is 4.90 Å². The van der Waals surface area contributed by atoms with Crippen LogP contribution < -0.4 is 9.46 Å². The molecule has 2 rings (SSSR count). The summed E-state index contributed by atoms with van der Waals surface area (Å²) in [5.74, 6) is -0.199. The molecule has 0 saturated carbocycles. The van der Waals surface area contributed by atoms with E-state index >= 15 is 0 Å². The van der Waals surface area contributed by atoms with E-state index in [0.717, 1.165) is 11.1 Å². The quantitative estimate of drug-likeness (QED) is 0.912. The molecular weight excluding hydrogens is 314 g/mol. The van der Waals surface area contributed by atoms with Crippen molar-refractivity contribution in [3.05, 3.63) is 59.2 Å². The van der Waals surface area contributed by atoms with Gasteiger partial charge in [-0.05, 0) is 50.1 Å². The number of sulfonamides is 1. The number of ether oxygens (including phenoxy) is 1. The molecule has 0 aliphatic rings. The van der Waals surface area contributed by atoms with Gasteiger partial charge in [0.2, 0.25) is 0 Å². The highest BCUT2D eigenvalue weighted by molar-refractivity contribution is 7.90. The molecule has 0 fully saturated rings. The van der Waals surface area contributed by atoms with Crippen LogP contribution in [-0.4, -0.2) is 20.9 Å². The van der Waals surface area contributed by atoms with Gasteiger partial charge in [-0.3, -0.25) is 4.79 Å². The third-order valence-corrected chi connectivity index (χ3v) is 4.76. The Morgan fingerprint density at radius 1 is 1.04 bits per heavy atom. The Labute approximate surface area is 136 Å². The zero-order valence-corrected chi connectivity index (χ0v) is 14.1. The summed E-state index contributed by atoms with van der Waals surface area (Å²) in [5, 5.41) is 0. The summed E-state index contributed by atoms with van der Waals surface area (Å²) in [6, 6.07) is 12.1. The Hall–Kier alpha value is -2.34. The van der Waals surface area contributed by atoms with Crippen molar-refractivity contribution < 1.29 is 17.9 Å². The van der Waals surface area contributed by atoms with Crippen molar-refractivity contribution in [2.45, 2.75) is 25.7 Å². The number of rotatable bonds is 5. The van der Waals surface area contributed by atoms with Crippen LogP contribution in [-0.2, 0) is 14.8 Å². The van der Waals surface area contributed by atoms with Crippen molar-refractivity contribution in [3.63, 3.8) is 0 Å². The van der Waals surface area contributed by atoms with Gasteiger partial charge >= 0.3 is 0 Å². The van der Waals surface area contributed by atoms with Gasteiger partial charge in [0.1, 0.15) is 5.75 Å². The second-order valence-electron chi connectivity index (χ2n) is 5.40. The van der Waals surface area contributed by atoms with Crippen LogP contribution in [0.3, 0.4) is 0 Å². The maximum Gasteiger partial charge on any atom is 0.271 e. The molecule has 122 valence electrons. The van der Waals surface area contributed by atoms with E-state index in [1.165, 1.54) is 6.07 Å². The molecule has 0 saturated heterocycles. The molecular formula is C17H19NO4S. The van der Waals surface area contributed by atoms with E-state index in [4.69, 9.17) is 4.74 Å². The molecule has 0 heterocycles. The van der Waals surface area contributed by atoms with Crippen LogP contribution in [0.2, 0.25) is 0 Å². The molecule has 2 aromatic carbocycles. The van der Waals surface area contributed by atoms with E-state index in [9.17, 15) is 13.2 Å². The van der Waals surface area contributed by atoms with Gasteiger partial charge < -0.3 is 4.74 Å². The molecule has 6 heteroatoms. The van der Waals surface area contributed by atoms with Crippen LogP contribution in [0.4, 0.5) is 0 Å². The first-order valence-electron chi connectivity index (χ1n) is 7.10. The molecule has 5 nitrogen and oxygen atoms in total. The third kappa shape index (κ3) is 4.56. The van der Waals surface area contributed by atoms with Crippen LogP contribution in [0.15, 0.2) is 47.4 Å². The lowest BCUT2D eigenvalue weighted by molar-refractivity contribution is -0.121. The Morgan fingerprint density at radius 2 is 1.74 bits per heavy atom. The van der Waals surface area contributed by atoms with Crippen LogP contribution in [0.1, 0.15) is 16.7 Å². The number of hydrogen-bond acceptors (Lipinski definition) is 4. The van der Waals surface area contributed by atoms with E-state index in [2.05, 4.69) is 0 Å². The fourth-order valence-corrected chi connectivity index (χ4v) is 3.39. The number of hydrogen-bond donors (Lipinski definition) is 1. The summed E-state index contributed by atoms with van der Waals surface area (Å²) >= 11 is 0. The summed E-state index contributed by atoms with van der Waals surface area (Å²) in [4.78, 5) is 11.9. The Bertz CT molecular complexity index is 828. The first kappa shape index (κ1) is 17.0. The zero-order chi connectivity index (χ0) is 17.0. The van der Waals surface area contributed by atoms with Gasteiger partial charge in [-0.1, -0.05) is 29.8 Å². The normalized spacial score (nSPS) is 11.1. The van der Waals surface area contributed by atoms with Crippen molar-refractivity contribution in [2.75, 3.05) is 6.61 Å². The van der Waals surface area contributed by atoms with E-state index in [-0.39, 0.29) is 11.5 Å². The minimum atomic E-state index is -3.90. The fourth-order valence-electron chi connectivity index (χ4n) is 2.19. The van der Waals surface area contributed by atoms with Crippen molar-refractivity contribution in [3.8, 4) is 5.75 Å². The van der Waals surface area contributed by atoms with Gasteiger partial charge in [-0.2, -0.15) is 0 Å². The molecule has 23 heavy (non-hydrogen) atoms. The second kappa shape index (κ2) is 6.83. The molecule has 0 spiro atoms. The minimum Gasteiger partial charge on any atom is -0.484 e. The maximum absolute atomic E-state index is 12.3. The summed E-state index contributed by atoms with van der Waals surface area (Å²) in [7, 11) is -3.90. The first-order valence-corrected chi connectivity index (χ1v) is 8.58. The highest BCUT2D eigenvalue weighted by Gasteiger charge is 2.20. The monoisotopic (exact) mass is 333 g/mol. The van der Waals surface area contributed by atoms with Crippen LogP contribution >= 0.6 is 0 Å². The molecule has 0 aromatic heterocycles. The highest BCUT2D eigenvalue weighted by atomic mass is 32.2. The Balaban J connectivity index is 2.04. The second-order valence-corrected chi connectivity index (χ2v) is 7.05. The number of benzene rings is 2. The molecule has 0 atom stereocenters. The van der Waals surface area contributed by atoms with E-state index in [1.807, 2.05) is 24.6 Å². The molecule has 0 unspecified atom stereocenters. The Morgan fingerprint density at radius 3 is 2.39 bits per heavy atom. The topological polar surface area (TPSA) is 72.5 Å². The van der Waals surface area contributed by atoms with Gasteiger partial charge in [0.15, 0.2) is 6.61 Å². The molecule has 1 N–H and O–H groups in total. The lowest BCUT2D eigenvalue weighted by Gasteiger charge is -2.11. The largest absolute Gasteiger partial charge is 0.484 e. The lowest BCUT2D eigenvalue weighted by atomic mass is 10.2. The van der Waals surface area contributed by atoms with Gasteiger partial charge in [-0.25, -0.2) is 13.1 Å². The number of amides is 1. The average Bonchev–Trinajstić information content (AvgIpc) is 2.44. The predicted molar refractivity (Wildman–Crippen MR) is 87.9 cm³/mol. The average molecular weight is 333 g/mol. The predicted octanol–water partition coefficient (Wildman–Crippen LogP) is 2.50. The zero-order valence-electron chi connectivity index (χ0n) is 13.3. The summed E-state index contributed by atoms with van der Waals surface area (Å²) in [5.41, 5.74) is 2.53. The van der Waals surface area contributed by atoms with Crippen LogP contribution in [0.5, 0.6) is 5.75 Å². The van der Waals surface area contributed by atoms with E-state index in [1.54, 1.807) is 37.3 Å². The van der Waals surface area contributed by atoms with Crippen LogP contribution in [0, 0.1) is 20.8 Å². The number of aryl methyl sites for hydroxylation is 3.